The standard InChI is InChI=1S/C19H26ClN3O3S2/c1-12(2)28(24,25)18-6-5-15(23-10-13(3)26-14(4)11-23)7-17(18)21-8-16-9-22-19(20)27-16/h5-7,9,12-14,21H,8,10-11H2,1-4H3. The molecule has 0 saturated carbocycles. The minimum absolute atomic E-state index is 0.124. The highest BCUT2D eigenvalue weighted by Gasteiger charge is 2.26. The summed E-state index contributed by atoms with van der Waals surface area (Å²) < 4.78 is 32.0. The molecule has 1 N–H and O–H groups in total. The predicted molar refractivity (Wildman–Crippen MR) is 115 cm³/mol. The van der Waals surface area contributed by atoms with Crippen molar-refractivity contribution in [3.8, 4) is 0 Å². The number of sulfone groups is 1. The van der Waals surface area contributed by atoms with Crippen LogP contribution in [0.1, 0.15) is 32.6 Å². The summed E-state index contributed by atoms with van der Waals surface area (Å²) in [6, 6.07) is 5.51. The number of halogens is 1. The Hall–Kier alpha value is -1.35. The number of hydrogen-bond donors (Lipinski definition) is 1. The Morgan fingerprint density at radius 3 is 2.57 bits per heavy atom. The van der Waals surface area contributed by atoms with Crippen LogP contribution in [0.3, 0.4) is 0 Å². The van der Waals surface area contributed by atoms with Crippen LogP contribution in [0.25, 0.3) is 0 Å². The quantitative estimate of drug-likeness (QED) is 0.721. The lowest BCUT2D eigenvalue weighted by Crippen LogP contribution is -2.45. The van der Waals surface area contributed by atoms with Crippen molar-refractivity contribution in [3.63, 3.8) is 0 Å². The van der Waals surface area contributed by atoms with Crippen molar-refractivity contribution in [2.45, 2.75) is 56.6 Å². The van der Waals surface area contributed by atoms with Crippen LogP contribution in [0.5, 0.6) is 0 Å². The zero-order valence-corrected chi connectivity index (χ0v) is 18.9. The molecule has 0 spiro atoms. The molecule has 9 heteroatoms. The van der Waals surface area contributed by atoms with E-state index in [0.29, 0.717) is 21.6 Å². The Bertz CT molecular complexity index is 920. The van der Waals surface area contributed by atoms with Gasteiger partial charge < -0.3 is 15.0 Å². The van der Waals surface area contributed by atoms with E-state index in [1.807, 2.05) is 26.0 Å². The maximum absolute atomic E-state index is 12.9. The Labute approximate surface area is 175 Å². The molecular formula is C19H26ClN3O3S2. The van der Waals surface area contributed by atoms with Crippen molar-refractivity contribution in [2.75, 3.05) is 23.3 Å². The van der Waals surface area contributed by atoms with Gasteiger partial charge in [-0.3, -0.25) is 0 Å². The topological polar surface area (TPSA) is 71.5 Å². The molecular weight excluding hydrogens is 418 g/mol. The Balaban J connectivity index is 1.94. The van der Waals surface area contributed by atoms with Crippen LogP contribution in [-0.4, -0.2) is 43.9 Å². The lowest BCUT2D eigenvalue weighted by molar-refractivity contribution is -0.00521. The Morgan fingerprint density at radius 2 is 2.00 bits per heavy atom. The second-order valence-corrected chi connectivity index (χ2v) is 11.5. The molecule has 2 atom stereocenters. The first kappa shape index (κ1) is 21.4. The summed E-state index contributed by atoms with van der Waals surface area (Å²) in [5.41, 5.74) is 1.58. The van der Waals surface area contributed by atoms with Gasteiger partial charge in [-0.2, -0.15) is 0 Å². The molecule has 0 bridgehead atoms. The first-order chi connectivity index (χ1) is 13.2. The molecule has 1 aromatic carbocycles. The maximum Gasteiger partial charge on any atom is 0.183 e. The summed E-state index contributed by atoms with van der Waals surface area (Å²) in [6.45, 7) is 9.49. The maximum atomic E-state index is 12.9. The lowest BCUT2D eigenvalue weighted by Gasteiger charge is -2.37. The normalized spacial score (nSPS) is 20.6. The van der Waals surface area contributed by atoms with Gasteiger partial charge in [-0.25, -0.2) is 13.4 Å². The fraction of sp³-hybridized carbons (Fsp3) is 0.526. The van der Waals surface area contributed by atoms with Gasteiger partial charge in [0, 0.05) is 29.9 Å². The molecule has 0 aliphatic carbocycles. The molecule has 1 aliphatic rings. The van der Waals surface area contributed by atoms with Gasteiger partial charge in [-0.15, -0.1) is 11.3 Å². The summed E-state index contributed by atoms with van der Waals surface area (Å²) in [5.74, 6) is 0. The van der Waals surface area contributed by atoms with Crippen molar-refractivity contribution >= 4 is 44.1 Å². The number of nitrogens with one attached hydrogen (secondary N) is 1. The van der Waals surface area contributed by atoms with Gasteiger partial charge in [0.1, 0.15) is 0 Å². The summed E-state index contributed by atoms with van der Waals surface area (Å²) in [4.78, 5) is 7.53. The van der Waals surface area contributed by atoms with Crippen LogP contribution in [0.15, 0.2) is 29.3 Å². The third kappa shape index (κ3) is 4.79. The van der Waals surface area contributed by atoms with Crippen LogP contribution in [0.2, 0.25) is 4.47 Å². The first-order valence-corrected chi connectivity index (χ1v) is 12.0. The van der Waals surface area contributed by atoms with Crippen molar-refractivity contribution in [1.29, 1.82) is 0 Å². The number of nitrogens with zero attached hydrogens (tertiary/aromatic N) is 2. The molecule has 3 rings (SSSR count). The smallest absolute Gasteiger partial charge is 0.183 e. The van der Waals surface area contributed by atoms with Crippen molar-refractivity contribution in [2.24, 2.45) is 0 Å². The van der Waals surface area contributed by atoms with E-state index in [1.165, 1.54) is 11.3 Å². The van der Waals surface area contributed by atoms with Gasteiger partial charge in [0.25, 0.3) is 0 Å². The molecule has 0 amide bonds. The van der Waals surface area contributed by atoms with Crippen LogP contribution < -0.4 is 10.2 Å². The van der Waals surface area contributed by atoms with Gasteiger partial charge >= 0.3 is 0 Å². The van der Waals surface area contributed by atoms with E-state index in [2.05, 4.69) is 15.2 Å². The fourth-order valence-corrected chi connectivity index (χ4v) is 5.41. The van der Waals surface area contributed by atoms with Gasteiger partial charge in [0.15, 0.2) is 14.3 Å². The number of aromatic nitrogens is 1. The second kappa shape index (κ2) is 8.57. The van der Waals surface area contributed by atoms with Gasteiger partial charge in [-0.1, -0.05) is 11.6 Å². The van der Waals surface area contributed by atoms with E-state index < -0.39 is 15.1 Å². The van der Waals surface area contributed by atoms with Crippen molar-refractivity contribution in [3.05, 3.63) is 33.7 Å². The molecule has 6 nitrogen and oxygen atoms in total. The largest absolute Gasteiger partial charge is 0.379 e. The molecule has 1 aromatic heterocycles. The zero-order chi connectivity index (χ0) is 20.5. The highest BCUT2D eigenvalue weighted by molar-refractivity contribution is 7.92. The van der Waals surface area contributed by atoms with Crippen LogP contribution in [-0.2, 0) is 21.1 Å². The summed E-state index contributed by atoms with van der Waals surface area (Å²) in [7, 11) is -3.42. The number of benzene rings is 1. The molecule has 154 valence electrons. The summed E-state index contributed by atoms with van der Waals surface area (Å²) >= 11 is 7.28. The monoisotopic (exact) mass is 443 g/mol. The van der Waals surface area contributed by atoms with Crippen molar-refractivity contribution < 1.29 is 13.2 Å². The van der Waals surface area contributed by atoms with E-state index >= 15 is 0 Å². The molecule has 28 heavy (non-hydrogen) atoms. The summed E-state index contributed by atoms with van der Waals surface area (Å²) in [5, 5.41) is 2.78. The van der Waals surface area contributed by atoms with Crippen LogP contribution >= 0.6 is 22.9 Å². The third-order valence-corrected chi connectivity index (χ3v) is 7.98. The third-order valence-electron chi connectivity index (χ3n) is 4.65. The minimum Gasteiger partial charge on any atom is -0.379 e. The summed E-state index contributed by atoms with van der Waals surface area (Å²) in [6.07, 6.45) is 1.95. The molecule has 1 aliphatic heterocycles. The van der Waals surface area contributed by atoms with Gasteiger partial charge in [0.05, 0.1) is 34.6 Å². The average molecular weight is 444 g/mol. The Kier molecular flexibility index (Phi) is 6.54. The number of thiazole rings is 1. The van der Waals surface area contributed by atoms with E-state index in [0.717, 1.165) is 23.7 Å². The van der Waals surface area contributed by atoms with E-state index in [9.17, 15) is 8.42 Å². The van der Waals surface area contributed by atoms with E-state index in [1.54, 1.807) is 26.1 Å². The molecule has 1 fully saturated rings. The first-order valence-electron chi connectivity index (χ1n) is 9.29. The van der Waals surface area contributed by atoms with E-state index in [4.69, 9.17) is 16.3 Å². The highest BCUT2D eigenvalue weighted by Crippen LogP contribution is 2.32. The molecule has 2 heterocycles. The van der Waals surface area contributed by atoms with Gasteiger partial charge in [-0.05, 0) is 45.9 Å². The molecule has 2 aromatic rings. The average Bonchev–Trinajstić information content (AvgIpc) is 3.04. The molecule has 0 radical (unpaired) electrons. The van der Waals surface area contributed by atoms with E-state index in [-0.39, 0.29) is 12.2 Å². The zero-order valence-electron chi connectivity index (χ0n) is 16.5. The minimum atomic E-state index is -3.42. The number of ether oxygens (including phenoxy) is 1. The number of hydrogen-bond acceptors (Lipinski definition) is 7. The number of morpholine rings is 1. The Morgan fingerprint density at radius 1 is 1.32 bits per heavy atom. The van der Waals surface area contributed by atoms with Crippen molar-refractivity contribution in [1.82, 2.24) is 4.98 Å². The molecule has 1 saturated heterocycles. The van der Waals surface area contributed by atoms with Crippen LogP contribution in [0.4, 0.5) is 11.4 Å². The SMILES string of the molecule is CC1CN(c2ccc(S(=O)(=O)C(C)C)c(NCc3cnc(Cl)s3)c2)CC(C)O1. The second-order valence-electron chi connectivity index (χ2n) is 7.37. The molecule has 2 unspecified atom stereocenters. The number of anilines is 2. The number of rotatable bonds is 6. The predicted octanol–water partition coefficient (Wildman–Crippen LogP) is 4.20. The fourth-order valence-electron chi connectivity index (χ4n) is 3.29. The lowest BCUT2D eigenvalue weighted by atomic mass is 10.2. The highest BCUT2D eigenvalue weighted by atomic mass is 35.5. The van der Waals surface area contributed by atoms with Gasteiger partial charge in [0.2, 0.25) is 0 Å². The van der Waals surface area contributed by atoms with Crippen LogP contribution in [0, 0.1) is 0 Å².